The fourth-order valence-electron chi connectivity index (χ4n) is 3.37. The number of hydrogen-bond donors (Lipinski definition) is 2. The molecule has 1 fully saturated rings. The second-order valence-corrected chi connectivity index (χ2v) is 6.17. The highest BCUT2D eigenvalue weighted by Crippen LogP contribution is 2.25. The van der Waals surface area contributed by atoms with E-state index < -0.39 is 5.97 Å². The van der Waals surface area contributed by atoms with Crippen LogP contribution in [-0.2, 0) is 4.79 Å². The van der Waals surface area contributed by atoms with Crippen molar-refractivity contribution in [3.8, 4) is 0 Å². The van der Waals surface area contributed by atoms with Crippen molar-refractivity contribution in [3.05, 3.63) is 46.2 Å². The Morgan fingerprint density at radius 2 is 2.04 bits per heavy atom. The zero-order valence-electron chi connectivity index (χ0n) is 13.3. The maximum Gasteiger partial charge on any atom is 0.303 e. The summed E-state index contributed by atoms with van der Waals surface area (Å²) in [5.74, 6) is -0.986. The van der Waals surface area contributed by atoms with Gasteiger partial charge in [-0.15, -0.1) is 0 Å². The number of carbonyl (C=O) groups excluding carboxylic acids is 1. The summed E-state index contributed by atoms with van der Waals surface area (Å²) in [4.78, 5) is 40.0. The van der Waals surface area contributed by atoms with Crippen molar-refractivity contribution in [1.29, 1.82) is 0 Å². The lowest BCUT2D eigenvalue weighted by molar-refractivity contribution is -0.137. The topological polar surface area (TPSA) is 90.5 Å². The van der Waals surface area contributed by atoms with Crippen LogP contribution in [0.2, 0.25) is 0 Å². The summed E-state index contributed by atoms with van der Waals surface area (Å²) >= 11 is 0. The smallest absolute Gasteiger partial charge is 0.303 e. The highest BCUT2D eigenvalue weighted by atomic mass is 16.4. The van der Waals surface area contributed by atoms with Gasteiger partial charge in [-0.1, -0.05) is 12.1 Å². The summed E-state index contributed by atoms with van der Waals surface area (Å²) in [6.45, 7) is 0.622. The van der Waals surface area contributed by atoms with E-state index in [1.54, 1.807) is 23.1 Å². The van der Waals surface area contributed by atoms with Crippen LogP contribution in [0.1, 0.15) is 42.5 Å². The molecule has 1 aromatic carbocycles. The van der Waals surface area contributed by atoms with Crippen molar-refractivity contribution >= 4 is 22.8 Å². The Hall–Kier alpha value is -2.63. The molecule has 1 atom stereocenters. The number of nitrogens with zero attached hydrogens (tertiary/aromatic N) is 1. The Balaban J connectivity index is 1.93. The number of benzene rings is 1. The first-order chi connectivity index (χ1) is 11.6. The fourth-order valence-corrected chi connectivity index (χ4v) is 3.37. The van der Waals surface area contributed by atoms with Gasteiger partial charge in [0, 0.05) is 25.1 Å². The number of hydrogen-bond acceptors (Lipinski definition) is 3. The zero-order chi connectivity index (χ0) is 17.1. The van der Waals surface area contributed by atoms with Crippen LogP contribution in [0, 0.1) is 0 Å². The number of rotatable bonds is 4. The predicted octanol–water partition coefficient (Wildman–Crippen LogP) is 2.39. The van der Waals surface area contributed by atoms with E-state index in [2.05, 4.69) is 4.98 Å². The summed E-state index contributed by atoms with van der Waals surface area (Å²) in [5.41, 5.74) is 0.758. The van der Waals surface area contributed by atoms with Gasteiger partial charge in [-0.25, -0.2) is 0 Å². The van der Waals surface area contributed by atoms with Crippen molar-refractivity contribution in [1.82, 2.24) is 9.88 Å². The number of aromatic amines is 1. The summed E-state index contributed by atoms with van der Waals surface area (Å²) in [5, 5.41) is 9.72. The van der Waals surface area contributed by atoms with Crippen LogP contribution in [0.3, 0.4) is 0 Å². The normalized spacial score (nSPS) is 17.8. The lowest BCUT2D eigenvalue weighted by atomic mass is 9.96. The van der Waals surface area contributed by atoms with Gasteiger partial charge in [0.25, 0.3) is 5.91 Å². The number of pyridine rings is 1. The van der Waals surface area contributed by atoms with Gasteiger partial charge < -0.3 is 15.0 Å². The Morgan fingerprint density at radius 3 is 2.83 bits per heavy atom. The van der Waals surface area contributed by atoms with Crippen molar-refractivity contribution in [2.24, 2.45) is 0 Å². The number of carboxylic acids is 1. The largest absolute Gasteiger partial charge is 0.481 e. The van der Waals surface area contributed by atoms with Crippen LogP contribution in [-0.4, -0.2) is 39.5 Å². The second kappa shape index (κ2) is 6.86. The quantitative estimate of drug-likeness (QED) is 0.901. The number of piperidine rings is 1. The van der Waals surface area contributed by atoms with Crippen molar-refractivity contribution in [2.45, 2.75) is 38.1 Å². The third kappa shape index (κ3) is 3.32. The summed E-state index contributed by atoms with van der Waals surface area (Å²) < 4.78 is 0. The molecule has 2 heterocycles. The average molecular weight is 328 g/mol. The Morgan fingerprint density at radius 1 is 1.21 bits per heavy atom. The van der Waals surface area contributed by atoms with Crippen LogP contribution in [0.25, 0.3) is 10.9 Å². The molecule has 1 saturated heterocycles. The van der Waals surface area contributed by atoms with E-state index in [4.69, 9.17) is 5.11 Å². The lowest BCUT2D eigenvalue weighted by Gasteiger charge is -2.36. The number of amides is 1. The Kier molecular flexibility index (Phi) is 4.64. The maximum absolute atomic E-state index is 13.0. The molecule has 2 aromatic rings. The van der Waals surface area contributed by atoms with Crippen LogP contribution in [0.4, 0.5) is 0 Å². The van der Waals surface area contributed by atoms with Gasteiger partial charge in [-0.2, -0.15) is 0 Å². The van der Waals surface area contributed by atoms with E-state index >= 15 is 0 Å². The number of fused-ring (bicyclic) bond motifs is 1. The molecule has 0 spiro atoms. The molecule has 1 aliphatic heterocycles. The van der Waals surface area contributed by atoms with Crippen molar-refractivity contribution in [3.63, 3.8) is 0 Å². The molecule has 1 unspecified atom stereocenters. The Labute approximate surface area is 139 Å². The monoisotopic (exact) mass is 328 g/mol. The molecule has 0 radical (unpaired) electrons. The molecular formula is C18H20N2O4. The number of aliphatic carboxylic acids is 1. The molecule has 126 valence electrons. The highest BCUT2D eigenvalue weighted by molar-refractivity contribution is 6.05. The van der Waals surface area contributed by atoms with Crippen LogP contribution < -0.4 is 5.56 Å². The van der Waals surface area contributed by atoms with Crippen molar-refractivity contribution < 1.29 is 14.7 Å². The van der Waals surface area contributed by atoms with E-state index in [-0.39, 0.29) is 23.9 Å². The standard InChI is InChI=1S/C18H20N2O4/c21-15-9-7-12-4-3-6-14(17(12)19-15)18(24)20-11-2-1-5-13(20)8-10-16(22)23/h3-4,6-7,9,13H,1-2,5,8,10-11H2,(H,19,21)(H,22,23). The summed E-state index contributed by atoms with van der Waals surface area (Å²) in [7, 11) is 0. The van der Waals surface area contributed by atoms with Gasteiger partial charge >= 0.3 is 5.97 Å². The molecule has 3 rings (SSSR count). The molecule has 24 heavy (non-hydrogen) atoms. The van der Waals surface area contributed by atoms with E-state index in [0.29, 0.717) is 24.0 Å². The van der Waals surface area contributed by atoms with Crippen molar-refractivity contribution in [2.75, 3.05) is 6.54 Å². The molecule has 0 bridgehead atoms. The SMILES string of the molecule is O=C(O)CCC1CCCCN1C(=O)c1cccc2ccc(=O)[nH]c12. The third-order valence-electron chi connectivity index (χ3n) is 4.57. The Bertz CT molecular complexity index is 827. The number of H-pyrrole nitrogens is 1. The number of aromatic nitrogens is 1. The molecule has 6 heteroatoms. The van der Waals surface area contributed by atoms with E-state index in [1.165, 1.54) is 6.07 Å². The maximum atomic E-state index is 13.0. The summed E-state index contributed by atoms with van der Waals surface area (Å²) in [6, 6.07) is 8.43. The molecule has 2 N–H and O–H groups in total. The number of carboxylic acid groups (broad SMARTS) is 1. The van der Waals surface area contributed by atoms with Gasteiger partial charge in [-0.05, 0) is 43.2 Å². The molecule has 1 amide bonds. The molecule has 1 aliphatic rings. The van der Waals surface area contributed by atoms with E-state index in [0.717, 1.165) is 24.6 Å². The fraction of sp³-hybridized carbons (Fsp3) is 0.389. The van der Waals surface area contributed by atoms with Crippen LogP contribution >= 0.6 is 0 Å². The first-order valence-corrected chi connectivity index (χ1v) is 8.21. The average Bonchev–Trinajstić information content (AvgIpc) is 2.59. The van der Waals surface area contributed by atoms with E-state index in [9.17, 15) is 14.4 Å². The van der Waals surface area contributed by atoms with Gasteiger partial charge in [0.15, 0.2) is 0 Å². The van der Waals surface area contributed by atoms with E-state index in [1.807, 2.05) is 6.07 Å². The van der Waals surface area contributed by atoms with Gasteiger partial charge in [0.05, 0.1) is 11.1 Å². The first-order valence-electron chi connectivity index (χ1n) is 8.21. The molecular weight excluding hydrogens is 308 g/mol. The number of likely N-dealkylation sites (tertiary alicyclic amines) is 1. The number of para-hydroxylation sites is 1. The molecule has 1 aromatic heterocycles. The van der Waals surface area contributed by atoms with Crippen LogP contribution in [0.5, 0.6) is 0 Å². The van der Waals surface area contributed by atoms with Gasteiger partial charge in [0.2, 0.25) is 5.56 Å². The lowest BCUT2D eigenvalue weighted by Crippen LogP contribution is -2.44. The zero-order valence-corrected chi connectivity index (χ0v) is 13.3. The minimum absolute atomic E-state index is 0.0564. The van der Waals surface area contributed by atoms with Gasteiger partial charge in [-0.3, -0.25) is 14.4 Å². The minimum atomic E-state index is -0.845. The second-order valence-electron chi connectivity index (χ2n) is 6.17. The first kappa shape index (κ1) is 16.2. The molecule has 6 nitrogen and oxygen atoms in total. The molecule has 0 aliphatic carbocycles. The highest BCUT2D eigenvalue weighted by Gasteiger charge is 2.28. The summed E-state index contributed by atoms with van der Waals surface area (Å²) in [6.07, 6.45) is 3.25. The predicted molar refractivity (Wildman–Crippen MR) is 90.1 cm³/mol. The van der Waals surface area contributed by atoms with Crippen LogP contribution in [0.15, 0.2) is 35.1 Å². The number of nitrogens with one attached hydrogen (secondary N) is 1. The molecule has 0 saturated carbocycles. The minimum Gasteiger partial charge on any atom is -0.481 e. The third-order valence-corrected chi connectivity index (χ3v) is 4.57. The number of carbonyl (C=O) groups is 2. The van der Waals surface area contributed by atoms with Gasteiger partial charge in [0.1, 0.15) is 0 Å².